The summed E-state index contributed by atoms with van der Waals surface area (Å²) in [5.74, 6) is 0.868. The average Bonchev–Trinajstić information content (AvgIpc) is 2.31. The molecule has 1 rings (SSSR count). The molecule has 76 valence electrons. The summed E-state index contributed by atoms with van der Waals surface area (Å²) in [4.78, 5) is 13.4. The van der Waals surface area contributed by atoms with Crippen molar-refractivity contribution in [3.8, 4) is 0 Å². The van der Waals surface area contributed by atoms with Crippen LogP contribution in [0, 0.1) is 5.92 Å². The Hall–Kier alpha value is -0.570. The molecule has 1 aliphatic rings. The highest BCUT2D eigenvalue weighted by atomic mass is 16.2. The highest BCUT2D eigenvalue weighted by Crippen LogP contribution is 2.21. The first-order chi connectivity index (χ1) is 6.13. The fourth-order valence-electron chi connectivity index (χ4n) is 1.98. The summed E-state index contributed by atoms with van der Waals surface area (Å²) in [6, 6.07) is 0.101. The molecular formula is C10H20N2O. The summed E-state index contributed by atoms with van der Waals surface area (Å²) >= 11 is 0. The fourth-order valence-corrected chi connectivity index (χ4v) is 1.98. The predicted molar refractivity (Wildman–Crippen MR) is 53.2 cm³/mol. The van der Waals surface area contributed by atoms with E-state index in [2.05, 4.69) is 6.92 Å². The van der Waals surface area contributed by atoms with Crippen molar-refractivity contribution < 1.29 is 4.79 Å². The van der Waals surface area contributed by atoms with E-state index in [1.807, 2.05) is 11.8 Å². The number of amides is 1. The van der Waals surface area contributed by atoms with Crippen molar-refractivity contribution in [3.05, 3.63) is 0 Å². The van der Waals surface area contributed by atoms with Gasteiger partial charge in [0.25, 0.3) is 0 Å². The summed E-state index contributed by atoms with van der Waals surface area (Å²) in [5.41, 5.74) is 5.66. The zero-order chi connectivity index (χ0) is 9.84. The van der Waals surface area contributed by atoms with Crippen molar-refractivity contribution in [1.82, 2.24) is 4.90 Å². The van der Waals surface area contributed by atoms with Crippen LogP contribution in [-0.4, -0.2) is 29.9 Å². The molecule has 1 aliphatic heterocycles. The van der Waals surface area contributed by atoms with E-state index in [0.717, 1.165) is 19.5 Å². The van der Waals surface area contributed by atoms with E-state index in [1.54, 1.807) is 0 Å². The van der Waals surface area contributed by atoms with Gasteiger partial charge in [-0.15, -0.1) is 0 Å². The number of nitrogens with two attached hydrogens (primary N) is 1. The van der Waals surface area contributed by atoms with Gasteiger partial charge in [0.2, 0.25) is 5.91 Å². The van der Waals surface area contributed by atoms with Crippen LogP contribution in [-0.2, 0) is 4.79 Å². The third-order valence-corrected chi connectivity index (χ3v) is 2.50. The Bertz CT molecular complexity index is 180. The van der Waals surface area contributed by atoms with Crippen LogP contribution < -0.4 is 5.73 Å². The van der Waals surface area contributed by atoms with Gasteiger partial charge in [-0.1, -0.05) is 13.3 Å². The Kier molecular flexibility index (Phi) is 3.72. The molecule has 1 saturated heterocycles. The minimum atomic E-state index is 0.101. The summed E-state index contributed by atoms with van der Waals surface area (Å²) < 4.78 is 0. The van der Waals surface area contributed by atoms with Gasteiger partial charge in [-0.3, -0.25) is 4.79 Å². The topological polar surface area (TPSA) is 46.3 Å². The lowest BCUT2D eigenvalue weighted by Gasteiger charge is -2.18. The van der Waals surface area contributed by atoms with Crippen molar-refractivity contribution in [2.24, 2.45) is 11.7 Å². The third kappa shape index (κ3) is 2.99. The Morgan fingerprint density at radius 3 is 2.92 bits per heavy atom. The number of rotatable bonds is 4. The molecular weight excluding hydrogens is 164 g/mol. The van der Waals surface area contributed by atoms with Crippen LogP contribution in [0.25, 0.3) is 0 Å². The monoisotopic (exact) mass is 184 g/mol. The van der Waals surface area contributed by atoms with E-state index >= 15 is 0 Å². The number of likely N-dealkylation sites (tertiary alicyclic amines) is 1. The van der Waals surface area contributed by atoms with Crippen LogP contribution in [0.15, 0.2) is 0 Å². The van der Waals surface area contributed by atoms with Gasteiger partial charge in [0, 0.05) is 25.6 Å². The Balaban J connectivity index is 2.37. The summed E-state index contributed by atoms with van der Waals surface area (Å²) in [7, 11) is 0. The van der Waals surface area contributed by atoms with Gasteiger partial charge >= 0.3 is 0 Å². The van der Waals surface area contributed by atoms with E-state index < -0.39 is 0 Å². The van der Waals surface area contributed by atoms with Gasteiger partial charge in [0.15, 0.2) is 0 Å². The van der Waals surface area contributed by atoms with Crippen LogP contribution in [0.5, 0.6) is 0 Å². The quantitative estimate of drug-likeness (QED) is 0.708. The van der Waals surface area contributed by atoms with Crippen molar-refractivity contribution >= 4 is 5.91 Å². The normalized spacial score (nSPS) is 25.3. The minimum Gasteiger partial charge on any atom is -0.341 e. The van der Waals surface area contributed by atoms with E-state index in [-0.39, 0.29) is 11.9 Å². The van der Waals surface area contributed by atoms with Gasteiger partial charge in [-0.05, 0) is 19.3 Å². The number of carbonyl (C=O) groups excluding carboxylic acids is 1. The zero-order valence-corrected chi connectivity index (χ0v) is 8.62. The first-order valence-corrected chi connectivity index (χ1v) is 5.16. The number of hydrogen-bond acceptors (Lipinski definition) is 2. The van der Waals surface area contributed by atoms with Crippen molar-refractivity contribution in [2.75, 3.05) is 13.1 Å². The van der Waals surface area contributed by atoms with Crippen molar-refractivity contribution in [1.29, 1.82) is 0 Å². The van der Waals surface area contributed by atoms with Gasteiger partial charge in [0.1, 0.15) is 0 Å². The molecule has 0 aromatic heterocycles. The zero-order valence-electron chi connectivity index (χ0n) is 8.62. The molecule has 0 bridgehead atoms. The second-order valence-electron chi connectivity index (χ2n) is 4.13. The number of carbonyl (C=O) groups is 1. The lowest BCUT2D eigenvalue weighted by Crippen LogP contribution is -2.36. The van der Waals surface area contributed by atoms with Gasteiger partial charge in [0.05, 0.1) is 0 Å². The second-order valence-corrected chi connectivity index (χ2v) is 4.13. The number of nitrogens with zero attached hydrogens (tertiary/aromatic N) is 1. The molecule has 0 saturated carbocycles. The van der Waals surface area contributed by atoms with Crippen LogP contribution in [0.4, 0.5) is 0 Å². The van der Waals surface area contributed by atoms with Crippen LogP contribution in [0.1, 0.15) is 33.1 Å². The predicted octanol–water partition coefficient (Wildman–Crippen LogP) is 0.982. The smallest absolute Gasteiger partial charge is 0.222 e. The highest BCUT2D eigenvalue weighted by Gasteiger charge is 2.28. The molecule has 3 heteroatoms. The Morgan fingerprint density at radius 2 is 2.38 bits per heavy atom. The summed E-state index contributed by atoms with van der Waals surface area (Å²) in [6.45, 7) is 5.76. The van der Waals surface area contributed by atoms with E-state index in [4.69, 9.17) is 5.73 Å². The molecule has 1 heterocycles. The lowest BCUT2D eigenvalue weighted by molar-refractivity contribution is -0.127. The van der Waals surface area contributed by atoms with Crippen LogP contribution >= 0.6 is 0 Å². The maximum absolute atomic E-state index is 11.5. The lowest BCUT2D eigenvalue weighted by atomic mass is 10.0. The molecule has 2 atom stereocenters. The molecule has 2 unspecified atom stereocenters. The first kappa shape index (κ1) is 10.5. The standard InChI is InChI=1S/C10H20N2O/c1-3-4-9-5-10(13)12(7-9)6-8(2)11/h8-9H,3-7,11H2,1-2H3. The molecule has 2 N–H and O–H groups in total. The van der Waals surface area contributed by atoms with Crippen molar-refractivity contribution in [2.45, 2.75) is 39.2 Å². The molecule has 0 radical (unpaired) electrons. The third-order valence-electron chi connectivity index (χ3n) is 2.50. The SMILES string of the molecule is CCCC1CC(=O)N(CC(C)N)C1. The van der Waals surface area contributed by atoms with E-state index in [9.17, 15) is 4.79 Å². The maximum atomic E-state index is 11.5. The minimum absolute atomic E-state index is 0.101. The molecule has 1 fully saturated rings. The Labute approximate surface area is 80.3 Å². The number of hydrogen-bond donors (Lipinski definition) is 1. The largest absolute Gasteiger partial charge is 0.341 e. The molecule has 3 nitrogen and oxygen atoms in total. The molecule has 13 heavy (non-hydrogen) atoms. The maximum Gasteiger partial charge on any atom is 0.222 e. The molecule has 0 aromatic carbocycles. The molecule has 0 spiro atoms. The average molecular weight is 184 g/mol. The molecule has 0 aromatic rings. The second kappa shape index (κ2) is 4.61. The highest BCUT2D eigenvalue weighted by molar-refractivity contribution is 5.78. The van der Waals surface area contributed by atoms with Gasteiger partial charge in [-0.25, -0.2) is 0 Å². The van der Waals surface area contributed by atoms with Gasteiger partial charge in [-0.2, -0.15) is 0 Å². The molecule has 0 aliphatic carbocycles. The van der Waals surface area contributed by atoms with Crippen molar-refractivity contribution in [3.63, 3.8) is 0 Å². The van der Waals surface area contributed by atoms with Crippen LogP contribution in [0.3, 0.4) is 0 Å². The Morgan fingerprint density at radius 1 is 1.69 bits per heavy atom. The van der Waals surface area contributed by atoms with E-state index in [0.29, 0.717) is 5.92 Å². The summed E-state index contributed by atoms with van der Waals surface area (Å²) in [6.07, 6.45) is 3.08. The molecule has 1 amide bonds. The van der Waals surface area contributed by atoms with E-state index in [1.165, 1.54) is 12.8 Å². The summed E-state index contributed by atoms with van der Waals surface area (Å²) in [5, 5.41) is 0. The fraction of sp³-hybridized carbons (Fsp3) is 0.900. The first-order valence-electron chi connectivity index (χ1n) is 5.16. The van der Waals surface area contributed by atoms with Crippen LogP contribution in [0.2, 0.25) is 0 Å². The van der Waals surface area contributed by atoms with Gasteiger partial charge < -0.3 is 10.6 Å².